The molecule has 0 aliphatic carbocycles. The fraction of sp³-hybridized carbons (Fsp3) is 0.143. The predicted octanol–water partition coefficient (Wildman–Crippen LogP) is 1.45. The number of aromatic nitrogens is 2. The quantitative estimate of drug-likeness (QED) is 0.467. The third-order valence-corrected chi connectivity index (χ3v) is 4.52. The lowest BCUT2D eigenvalue weighted by molar-refractivity contribution is 0.0475. The number of nitrogens with one attached hydrogen (secondary N) is 1. The van der Waals surface area contributed by atoms with E-state index >= 15 is 0 Å². The Kier molecular flexibility index (Phi) is 5.82. The number of esters is 1. The summed E-state index contributed by atoms with van der Waals surface area (Å²) in [6.45, 7) is -0.698. The Balaban J connectivity index is 1.80. The number of carbonyl (C=O) groups excluding carboxylic acids is 2. The summed E-state index contributed by atoms with van der Waals surface area (Å²) in [5, 5.41) is 3.11. The van der Waals surface area contributed by atoms with Crippen LogP contribution in [0, 0.1) is 0 Å². The van der Waals surface area contributed by atoms with E-state index in [1.165, 1.54) is 14.1 Å². The van der Waals surface area contributed by atoms with Gasteiger partial charge in [0.1, 0.15) is 11.4 Å². The van der Waals surface area contributed by atoms with Gasteiger partial charge < -0.3 is 15.8 Å². The normalized spacial score (nSPS) is 10.5. The van der Waals surface area contributed by atoms with Gasteiger partial charge in [0, 0.05) is 19.8 Å². The third-order valence-electron chi connectivity index (χ3n) is 4.52. The van der Waals surface area contributed by atoms with E-state index in [-0.39, 0.29) is 11.4 Å². The second kappa shape index (κ2) is 8.48. The highest BCUT2D eigenvalue weighted by Crippen LogP contribution is 2.21. The molecule has 0 amide bonds. The largest absolute Gasteiger partial charge is 0.454 e. The lowest BCUT2D eigenvalue weighted by Crippen LogP contribution is -2.42. The molecule has 30 heavy (non-hydrogen) atoms. The summed E-state index contributed by atoms with van der Waals surface area (Å²) in [7, 11) is 2.57. The molecule has 3 aromatic rings. The molecule has 1 aromatic heterocycles. The van der Waals surface area contributed by atoms with Gasteiger partial charge in [-0.3, -0.25) is 18.7 Å². The van der Waals surface area contributed by atoms with E-state index in [9.17, 15) is 19.2 Å². The number of anilines is 3. The number of nitrogens with zero attached hydrogens (tertiary/aromatic N) is 2. The fourth-order valence-electron chi connectivity index (χ4n) is 2.85. The first kappa shape index (κ1) is 20.6. The highest BCUT2D eigenvalue weighted by atomic mass is 16.5. The average molecular weight is 408 g/mol. The number of benzene rings is 2. The first-order valence-corrected chi connectivity index (χ1v) is 8.98. The Labute approximate surface area is 171 Å². The van der Waals surface area contributed by atoms with Crippen molar-refractivity contribution < 1.29 is 14.3 Å². The Morgan fingerprint density at radius 2 is 1.60 bits per heavy atom. The van der Waals surface area contributed by atoms with Gasteiger partial charge in [-0.25, -0.2) is 9.59 Å². The number of Topliss-reactive ketones (excluding diaryl/α,β-unsaturated/α-hetero) is 1. The van der Waals surface area contributed by atoms with Crippen LogP contribution in [0.2, 0.25) is 0 Å². The topological polar surface area (TPSA) is 125 Å². The fourth-order valence-corrected chi connectivity index (χ4v) is 2.85. The molecular weight excluding hydrogens is 388 g/mol. The maximum atomic E-state index is 12.6. The number of hydrogen-bond donors (Lipinski definition) is 2. The van der Waals surface area contributed by atoms with Crippen molar-refractivity contribution in [3.05, 3.63) is 86.6 Å². The first-order chi connectivity index (χ1) is 14.3. The molecule has 1 heterocycles. The van der Waals surface area contributed by atoms with Crippen molar-refractivity contribution in [1.82, 2.24) is 9.13 Å². The molecule has 3 N–H and O–H groups in total. The number of ketones is 1. The van der Waals surface area contributed by atoms with Crippen LogP contribution in [-0.2, 0) is 18.8 Å². The number of ether oxygens (including phenoxy) is 1. The van der Waals surface area contributed by atoms with E-state index in [1.54, 1.807) is 24.3 Å². The number of rotatable bonds is 6. The second-order valence-electron chi connectivity index (χ2n) is 6.50. The molecular formula is C21H20N4O5. The molecule has 9 nitrogen and oxygen atoms in total. The number of nitrogens with two attached hydrogens (primary N) is 1. The van der Waals surface area contributed by atoms with Crippen LogP contribution in [0.5, 0.6) is 0 Å². The van der Waals surface area contributed by atoms with Crippen molar-refractivity contribution >= 4 is 28.9 Å². The molecule has 0 saturated carbocycles. The zero-order valence-corrected chi connectivity index (χ0v) is 16.4. The molecule has 0 atom stereocenters. The SMILES string of the molecule is Cn1c(N)c(C(=O)COC(=O)c2ccccc2Nc2ccccc2)c(=O)n(C)c1=O. The number of para-hydroxylation sites is 2. The summed E-state index contributed by atoms with van der Waals surface area (Å²) in [5.74, 6) is -1.83. The standard InChI is InChI=1S/C21H20N4O5/c1-24-18(22)17(19(27)25(2)21(24)29)16(26)12-30-20(28)14-10-6-7-11-15(14)23-13-8-4-3-5-9-13/h3-11,23H,12,22H2,1-2H3. The molecule has 0 aliphatic rings. The van der Waals surface area contributed by atoms with Gasteiger partial charge in [0.25, 0.3) is 5.56 Å². The van der Waals surface area contributed by atoms with Crippen LogP contribution in [0.4, 0.5) is 17.2 Å². The van der Waals surface area contributed by atoms with Crippen LogP contribution < -0.4 is 22.3 Å². The van der Waals surface area contributed by atoms with E-state index in [4.69, 9.17) is 10.5 Å². The highest BCUT2D eigenvalue weighted by molar-refractivity contribution is 6.03. The van der Waals surface area contributed by atoms with Crippen LogP contribution in [0.3, 0.4) is 0 Å². The Morgan fingerprint density at radius 3 is 2.30 bits per heavy atom. The molecule has 3 rings (SSSR count). The molecule has 0 spiro atoms. The molecule has 0 saturated heterocycles. The summed E-state index contributed by atoms with van der Waals surface area (Å²) >= 11 is 0. The van der Waals surface area contributed by atoms with Gasteiger partial charge in [0.15, 0.2) is 6.61 Å². The summed E-state index contributed by atoms with van der Waals surface area (Å²) in [4.78, 5) is 49.2. The lowest BCUT2D eigenvalue weighted by atomic mass is 10.1. The minimum Gasteiger partial charge on any atom is -0.454 e. The molecule has 9 heteroatoms. The third kappa shape index (κ3) is 4.00. The van der Waals surface area contributed by atoms with Gasteiger partial charge in [-0.2, -0.15) is 0 Å². The summed E-state index contributed by atoms with van der Waals surface area (Å²) in [5.41, 5.74) is 5.35. The molecule has 0 unspecified atom stereocenters. The van der Waals surface area contributed by atoms with Gasteiger partial charge in [-0.05, 0) is 24.3 Å². The Bertz CT molecular complexity index is 1230. The van der Waals surface area contributed by atoms with Crippen molar-refractivity contribution in [1.29, 1.82) is 0 Å². The smallest absolute Gasteiger partial charge is 0.340 e. The predicted molar refractivity (Wildman–Crippen MR) is 112 cm³/mol. The Morgan fingerprint density at radius 1 is 0.967 bits per heavy atom. The summed E-state index contributed by atoms with van der Waals surface area (Å²) in [6, 6.07) is 15.9. The highest BCUT2D eigenvalue weighted by Gasteiger charge is 2.22. The number of hydrogen-bond acceptors (Lipinski definition) is 7. The van der Waals surface area contributed by atoms with E-state index in [2.05, 4.69) is 5.32 Å². The van der Waals surface area contributed by atoms with Crippen LogP contribution >= 0.6 is 0 Å². The zero-order valence-electron chi connectivity index (χ0n) is 16.4. The molecule has 0 fully saturated rings. The summed E-state index contributed by atoms with van der Waals surface area (Å²) < 4.78 is 6.87. The summed E-state index contributed by atoms with van der Waals surface area (Å²) in [6.07, 6.45) is 0. The Hall–Kier alpha value is -4.14. The van der Waals surface area contributed by atoms with E-state index in [1.807, 2.05) is 30.3 Å². The molecule has 2 aromatic carbocycles. The first-order valence-electron chi connectivity index (χ1n) is 8.98. The van der Waals surface area contributed by atoms with Crippen LogP contribution in [0.15, 0.2) is 64.2 Å². The van der Waals surface area contributed by atoms with Gasteiger partial charge >= 0.3 is 11.7 Å². The molecule has 0 aliphatic heterocycles. The minimum absolute atomic E-state index is 0.218. The van der Waals surface area contributed by atoms with Gasteiger partial charge in [-0.1, -0.05) is 30.3 Å². The van der Waals surface area contributed by atoms with Crippen molar-refractivity contribution in [3.8, 4) is 0 Å². The molecule has 0 bridgehead atoms. The van der Waals surface area contributed by atoms with Crippen LogP contribution in [0.25, 0.3) is 0 Å². The second-order valence-corrected chi connectivity index (χ2v) is 6.50. The van der Waals surface area contributed by atoms with Crippen molar-refractivity contribution in [3.63, 3.8) is 0 Å². The van der Waals surface area contributed by atoms with Crippen LogP contribution in [0.1, 0.15) is 20.7 Å². The zero-order chi connectivity index (χ0) is 21.8. The van der Waals surface area contributed by atoms with Gasteiger partial charge in [-0.15, -0.1) is 0 Å². The van der Waals surface area contributed by atoms with E-state index in [0.29, 0.717) is 5.69 Å². The maximum absolute atomic E-state index is 12.6. The molecule has 154 valence electrons. The number of nitrogen functional groups attached to an aromatic ring is 1. The monoisotopic (exact) mass is 408 g/mol. The lowest BCUT2D eigenvalue weighted by Gasteiger charge is -2.13. The average Bonchev–Trinajstić information content (AvgIpc) is 2.76. The van der Waals surface area contributed by atoms with Crippen LogP contribution in [-0.4, -0.2) is 27.5 Å². The van der Waals surface area contributed by atoms with Crippen molar-refractivity contribution in [2.45, 2.75) is 0 Å². The van der Waals surface area contributed by atoms with Crippen molar-refractivity contribution in [2.24, 2.45) is 14.1 Å². The number of carbonyl (C=O) groups is 2. The minimum atomic E-state index is -0.845. The van der Waals surface area contributed by atoms with Crippen molar-refractivity contribution in [2.75, 3.05) is 17.7 Å². The van der Waals surface area contributed by atoms with Gasteiger partial charge in [0.2, 0.25) is 5.78 Å². The van der Waals surface area contributed by atoms with Gasteiger partial charge in [0.05, 0.1) is 11.3 Å². The maximum Gasteiger partial charge on any atom is 0.340 e. The molecule has 0 radical (unpaired) electrons. The van der Waals surface area contributed by atoms with E-state index < -0.39 is 35.2 Å². The van der Waals surface area contributed by atoms with E-state index in [0.717, 1.165) is 14.8 Å².